The molecule has 3 heteroatoms. The Balaban J connectivity index is 2.58. The lowest BCUT2D eigenvalue weighted by Gasteiger charge is -2.30. The Labute approximate surface area is 80.8 Å². The zero-order chi connectivity index (χ0) is 8.43. The van der Waals surface area contributed by atoms with Crippen molar-refractivity contribution < 1.29 is 9.53 Å². The van der Waals surface area contributed by atoms with Gasteiger partial charge in [0.2, 0.25) is 0 Å². The molecule has 0 spiro atoms. The molecule has 0 radical (unpaired) electrons. The van der Waals surface area contributed by atoms with Crippen molar-refractivity contribution in [1.29, 1.82) is 0 Å². The molecule has 11 heavy (non-hydrogen) atoms. The van der Waals surface area contributed by atoms with Gasteiger partial charge >= 0.3 is 5.97 Å². The van der Waals surface area contributed by atoms with Crippen LogP contribution >= 0.6 is 22.6 Å². The van der Waals surface area contributed by atoms with Crippen molar-refractivity contribution in [3.8, 4) is 0 Å². The highest BCUT2D eigenvalue weighted by Crippen LogP contribution is 2.27. The number of alkyl halides is 1. The minimum Gasteiger partial charge on any atom is -0.462 e. The van der Waals surface area contributed by atoms with E-state index in [0.29, 0.717) is 5.92 Å². The maximum Gasteiger partial charge on any atom is 0.309 e. The molecule has 0 amide bonds. The van der Waals surface area contributed by atoms with Gasteiger partial charge in [0.05, 0.1) is 12.0 Å². The second-order valence-electron chi connectivity index (χ2n) is 3.19. The van der Waals surface area contributed by atoms with Gasteiger partial charge < -0.3 is 4.74 Å². The Hall–Kier alpha value is 0.200. The number of cyclic esters (lactones) is 1. The fourth-order valence-electron chi connectivity index (χ4n) is 1.37. The average Bonchev–Trinajstić information content (AvgIpc) is 1.96. The van der Waals surface area contributed by atoms with Crippen molar-refractivity contribution in [3.63, 3.8) is 0 Å². The first-order valence-corrected chi connectivity index (χ1v) is 5.44. The van der Waals surface area contributed by atoms with Crippen LogP contribution in [0.25, 0.3) is 0 Å². The van der Waals surface area contributed by atoms with Gasteiger partial charge in [0.1, 0.15) is 0 Å². The number of carbonyl (C=O) groups is 1. The van der Waals surface area contributed by atoms with Gasteiger partial charge in [0, 0.05) is 4.43 Å². The summed E-state index contributed by atoms with van der Waals surface area (Å²) in [7, 11) is 0. The van der Waals surface area contributed by atoms with E-state index in [1.165, 1.54) is 0 Å². The standard InChI is InChI=1S/C8H13IO2/c1-5-3-7(4-9)6(2)8(10)11-5/h5-7H,3-4H2,1-2H3. The van der Waals surface area contributed by atoms with Gasteiger partial charge in [-0.3, -0.25) is 4.79 Å². The summed E-state index contributed by atoms with van der Waals surface area (Å²) in [6, 6.07) is 0. The smallest absolute Gasteiger partial charge is 0.309 e. The van der Waals surface area contributed by atoms with Gasteiger partial charge in [-0.05, 0) is 19.3 Å². The first-order valence-electron chi connectivity index (χ1n) is 3.91. The summed E-state index contributed by atoms with van der Waals surface area (Å²) >= 11 is 2.33. The number of ether oxygens (including phenoxy) is 1. The highest BCUT2D eigenvalue weighted by atomic mass is 127. The molecule has 0 aromatic carbocycles. The van der Waals surface area contributed by atoms with Crippen LogP contribution in [0.2, 0.25) is 0 Å². The number of hydrogen-bond donors (Lipinski definition) is 0. The maximum atomic E-state index is 11.1. The molecular formula is C8H13IO2. The van der Waals surface area contributed by atoms with Crippen LogP contribution in [0.4, 0.5) is 0 Å². The third-order valence-electron chi connectivity index (χ3n) is 2.23. The molecule has 1 aliphatic rings. The highest BCUT2D eigenvalue weighted by molar-refractivity contribution is 14.1. The molecular weight excluding hydrogens is 255 g/mol. The third-order valence-corrected chi connectivity index (χ3v) is 3.36. The van der Waals surface area contributed by atoms with E-state index in [-0.39, 0.29) is 18.0 Å². The molecule has 0 aromatic heterocycles. The van der Waals surface area contributed by atoms with E-state index in [0.717, 1.165) is 10.8 Å². The predicted octanol–water partition coefficient (Wildman–Crippen LogP) is 2.01. The van der Waals surface area contributed by atoms with Crippen LogP contribution in [0.5, 0.6) is 0 Å². The lowest BCUT2D eigenvalue weighted by molar-refractivity contribution is -0.161. The fraction of sp³-hybridized carbons (Fsp3) is 0.875. The van der Waals surface area contributed by atoms with Crippen LogP contribution in [-0.4, -0.2) is 16.5 Å². The van der Waals surface area contributed by atoms with Crippen LogP contribution in [0.3, 0.4) is 0 Å². The monoisotopic (exact) mass is 268 g/mol. The summed E-state index contributed by atoms with van der Waals surface area (Å²) in [6.07, 6.45) is 1.15. The second kappa shape index (κ2) is 3.74. The van der Waals surface area contributed by atoms with Crippen molar-refractivity contribution in [3.05, 3.63) is 0 Å². The minimum absolute atomic E-state index is 0.0228. The van der Waals surface area contributed by atoms with Crippen molar-refractivity contribution in [2.24, 2.45) is 11.8 Å². The Morgan fingerprint density at radius 2 is 2.27 bits per heavy atom. The van der Waals surface area contributed by atoms with E-state index in [1.54, 1.807) is 0 Å². The van der Waals surface area contributed by atoms with Gasteiger partial charge in [-0.25, -0.2) is 0 Å². The topological polar surface area (TPSA) is 26.3 Å². The summed E-state index contributed by atoms with van der Waals surface area (Å²) in [4.78, 5) is 11.1. The van der Waals surface area contributed by atoms with Crippen molar-refractivity contribution in [1.82, 2.24) is 0 Å². The van der Waals surface area contributed by atoms with Gasteiger partial charge in [-0.1, -0.05) is 29.5 Å². The molecule has 2 nitrogen and oxygen atoms in total. The van der Waals surface area contributed by atoms with E-state index in [1.807, 2.05) is 13.8 Å². The summed E-state index contributed by atoms with van der Waals surface area (Å²) in [5.74, 6) is 0.598. The minimum atomic E-state index is -0.0228. The second-order valence-corrected chi connectivity index (χ2v) is 4.07. The Kier molecular flexibility index (Phi) is 3.16. The molecule has 0 saturated carbocycles. The average molecular weight is 268 g/mol. The van der Waals surface area contributed by atoms with Crippen molar-refractivity contribution in [2.45, 2.75) is 26.4 Å². The maximum absolute atomic E-state index is 11.1. The lowest BCUT2D eigenvalue weighted by Crippen LogP contribution is -2.35. The lowest BCUT2D eigenvalue weighted by atomic mass is 9.88. The molecule has 1 aliphatic heterocycles. The largest absolute Gasteiger partial charge is 0.462 e. The van der Waals surface area contributed by atoms with Gasteiger partial charge in [0.15, 0.2) is 0 Å². The normalized spacial score (nSPS) is 38.5. The Morgan fingerprint density at radius 1 is 1.64 bits per heavy atom. The van der Waals surface area contributed by atoms with Gasteiger partial charge in [-0.2, -0.15) is 0 Å². The first kappa shape index (κ1) is 9.29. The fourth-order valence-corrected chi connectivity index (χ4v) is 2.50. The van der Waals surface area contributed by atoms with E-state index in [9.17, 15) is 4.79 Å². The van der Waals surface area contributed by atoms with Crippen LogP contribution in [0.1, 0.15) is 20.3 Å². The summed E-state index contributed by atoms with van der Waals surface area (Å²) in [5.41, 5.74) is 0. The summed E-state index contributed by atoms with van der Waals surface area (Å²) in [6.45, 7) is 3.92. The van der Waals surface area contributed by atoms with E-state index in [2.05, 4.69) is 22.6 Å². The molecule has 0 bridgehead atoms. The molecule has 0 N–H and O–H groups in total. The molecule has 3 unspecified atom stereocenters. The first-order chi connectivity index (χ1) is 5.15. The quantitative estimate of drug-likeness (QED) is 0.413. The number of hydrogen-bond acceptors (Lipinski definition) is 2. The van der Waals surface area contributed by atoms with Crippen molar-refractivity contribution >= 4 is 28.6 Å². The summed E-state index contributed by atoms with van der Waals surface area (Å²) in [5, 5.41) is 0. The number of esters is 1. The van der Waals surface area contributed by atoms with Crippen LogP contribution in [-0.2, 0) is 9.53 Å². The molecule has 1 saturated heterocycles. The Morgan fingerprint density at radius 3 is 2.82 bits per heavy atom. The zero-order valence-corrected chi connectivity index (χ0v) is 9.00. The highest BCUT2D eigenvalue weighted by Gasteiger charge is 2.32. The van der Waals surface area contributed by atoms with Crippen LogP contribution in [0, 0.1) is 11.8 Å². The molecule has 1 rings (SSSR count). The van der Waals surface area contributed by atoms with Gasteiger partial charge in [0.25, 0.3) is 0 Å². The molecule has 64 valence electrons. The molecule has 0 aliphatic carbocycles. The molecule has 0 aromatic rings. The number of halogens is 1. The van der Waals surface area contributed by atoms with Crippen LogP contribution in [0.15, 0.2) is 0 Å². The predicted molar refractivity (Wildman–Crippen MR) is 51.7 cm³/mol. The van der Waals surface area contributed by atoms with Crippen molar-refractivity contribution in [2.75, 3.05) is 4.43 Å². The van der Waals surface area contributed by atoms with E-state index < -0.39 is 0 Å². The van der Waals surface area contributed by atoms with E-state index in [4.69, 9.17) is 4.74 Å². The van der Waals surface area contributed by atoms with Crippen LogP contribution < -0.4 is 0 Å². The van der Waals surface area contributed by atoms with Gasteiger partial charge in [-0.15, -0.1) is 0 Å². The molecule has 3 atom stereocenters. The molecule has 1 heterocycles. The SMILES string of the molecule is CC1CC(CI)C(C)C(=O)O1. The van der Waals surface area contributed by atoms with E-state index >= 15 is 0 Å². The molecule has 1 fully saturated rings. The number of rotatable bonds is 1. The zero-order valence-electron chi connectivity index (χ0n) is 6.84. The summed E-state index contributed by atoms with van der Waals surface area (Å²) < 4.78 is 6.14. The third kappa shape index (κ3) is 2.07. The number of carbonyl (C=O) groups excluding carboxylic acids is 1. The Bertz CT molecular complexity index is 158.